The van der Waals surface area contributed by atoms with E-state index in [-0.39, 0.29) is 11.0 Å². The van der Waals surface area contributed by atoms with Crippen molar-refractivity contribution in [3.05, 3.63) is 0 Å². The van der Waals surface area contributed by atoms with E-state index in [2.05, 4.69) is 53.8 Å². The smallest absolute Gasteiger partial charge is 0.0739 e. The van der Waals surface area contributed by atoms with Gasteiger partial charge in [0.05, 0.1) is 11.7 Å². The van der Waals surface area contributed by atoms with Crippen LogP contribution in [-0.2, 0) is 4.74 Å². The molecule has 0 aliphatic heterocycles. The topological polar surface area (TPSA) is 21.3 Å². The first-order valence-corrected chi connectivity index (χ1v) is 8.58. The highest BCUT2D eigenvalue weighted by Gasteiger charge is 2.56. The largest absolute Gasteiger partial charge is 0.372 e. The number of ether oxygens (including phenoxy) is 1. The highest BCUT2D eigenvalue weighted by atomic mass is 16.5. The molecule has 0 radical (unpaired) electrons. The lowest BCUT2D eigenvalue weighted by Crippen LogP contribution is -2.47. The summed E-state index contributed by atoms with van der Waals surface area (Å²) < 4.78 is 6.28. The second-order valence-electron chi connectivity index (χ2n) is 8.61. The number of nitrogens with one attached hydrogen (secondary N) is 1. The monoisotopic (exact) mass is 281 g/mol. The molecule has 1 unspecified atom stereocenters. The SMILES string of the molecule is CC(CC(C)(C)C1(OC(C)C)CC1)NC1(C(C)C)CC1. The standard InChI is InChI=1S/C18H35NO/c1-13(2)17(8-9-17)19-15(5)12-16(6,7)18(10-11-18)20-14(3)4/h13-15,19H,8-12H2,1-7H3. The van der Waals surface area contributed by atoms with Crippen LogP contribution in [0, 0.1) is 11.3 Å². The summed E-state index contributed by atoms with van der Waals surface area (Å²) in [5.41, 5.74) is 0.841. The van der Waals surface area contributed by atoms with Crippen molar-refractivity contribution in [2.75, 3.05) is 0 Å². The maximum atomic E-state index is 6.28. The Kier molecular flexibility index (Phi) is 4.30. The number of hydrogen-bond acceptors (Lipinski definition) is 2. The lowest BCUT2D eigenvalue weighted by Gasteiger charge is -2.39. The molecule has 0 aromatic carbocycles. The van der Waals surface area contributed by atoms with Crippen molar-refractivity contribution in [2.24, 2.45) is 11.3 Å². The van der Waals surface area contributed by atoms with Gasteiger partial charge in [0.1, 0.15) is 0 Å². The van der Waals surface area contributed by atoms with Gasteiger partial charge in [-0.2, -0.15) is 0 Å². The van der Waals surface area contributed by atoms with Crippen LogP contribution in [-0.4, -0.2) is 23.3 Å². The Morgan fingerprint density at radius 3 is 1.90 bits per heavy atom. The molecule has 0 bridgehead atoms. The first kappa shape index (κ1) is 16.3. The van der Waals surface area contributed by atoms with Gasteiger partial charge in [-0.05, 0) is 64.2 Å². The van der Waals surface area contributed by atoms with E-state index >= 15 is 0 Å². The fourth-order valence-corrected chi connectivity index (χ4v) is 4.04. The molecule has 2 rings (SSSR count). The lowest BCUT2D eigenvalue weighted by atomic mass is 9.78. The predicted octanol–water partition coefficient (Wildman–Crippen LogP) is 4.53. The van der Waals surface area contributed by atoms with Crippen LogP contribution in [0.15, 0.2) is 0 Å². The third kappa shape index (κ3) is 3.22. The molecule has 1 N–H and O–H groups in total. The summed E-state index contributed by atoms with van der Waals surface area (Å²) in [7, 11) is 0. The van der Waals surface area contributed by atoms with Crippen LogP contribution in [0.5, 0.6) is 0 Å². The molecule has 0 saturated heterocycles. The third-order valence-electron chi connectivity index (χ3n) is 5.64. The van der Waals surface area contributed by atoms with Crippen molar-refractivity contribution < 1.29 is 4.74 Å². The normalized spacial score (nSPS) is 25.1. The zero-order valence-electron chi connectivity index (χ0n) is 14.7. The van der Waals surface area contributed by atoms with E-state index in [4.69, 9.17) is 4.74 Å². The first-order chi connectivity index (χ1) is 9.13. The van der Waals surface area contributed by atoms with Crippen LogP contribution in [0.2, 0.25) is 0 Å². The Morgan fingerprint density at radius 2 is 1.55 bits per heavy atom. The van der Waals surface area contributed by atoms with E-state index < -0.39 is 0 Å². The molecule has 1 atom stereocenters. The Labute approximate surface area is 126 Å². The minimum atomic E-state index is 0.144. The van der Waals surface area contributed by atoms with Crippen LogP contribution < -0.4 is 5.32 Å². The van der Waals surface area contributed by atoms with Gasteiger partial charge in [0.25, 0.3) is 0 Å². The minimum Gasteiger partial charge on any atom is -0.372 e. The molecule has 2 aliphatic carbocycles. The highest BCUT2D eigenvalue weighted by molar-refractivity contribution is 5.09. The van der Waals surface area contributed by atoms with E-state index in [0.717, 1.165) is 5.92 Å². The zero-order chi connectivity index (χ0) is 15.2. The van der Waals surface area contributed by atoms with Crippen LogP contribution in [0.4, 0.5) is 0 Å². The summed E-state index contributed by atoms with van der Waals surface area (Å²) in [6.07, 6.45) is 6.71. The molecule has 118 valence electrons. The van der Waals surface area contributed by atoms with Gasteiger partial charge in [0, 0.05) is 11.6 Å². The van der Waals surface area contributed by atoms with Crippen molar-refractivity contribution in [1.82, 2.24) is 5.32 Å². The van der Waals surface area contributed by atoms with Gasteiger partial charge in [-0.1, -0.05) is 27.7 Å². The zero-order valence-corrected chi connectivity index (χ0v) is 14.7. The molecular weight excluding hydrogens is 246 g/mol. The maximum Gasteiger partial charge on any atom is 0.0739 e. The highest BCUT2D eigenvalue weighted by Crippen LogP contribution is 2.56. The summed E-state index contributed by atoms with van der Waals surface area (Å²) in [6, 6.07) is 0.572. The second-order valence-corrected chi connectivity index (χ2v) is 8.61. The molecule has 0 spiro atoms. The molecule has 2 fully saturated rings. The fraction of sp³-hybridized carbons (Fsp3) is 1.00. The molecule has 0 heterocycles. The van der Waals surface area contributed by atoms with Crippen molar-refractivity contribution >= 4 is 0 Å². The summed E-state index contributed by atoms with van der Waals surface area (Å²) in [5, 5.41) is 3.92. The Balaban J connectivity index is 1.91. The van der Waals surface area contributed by atoms with Crippen LogP contribution in [0.1, 0.15) is 80.6 Å². The number of rotatable bonds is 8. The van der Waals surface area contributed by atoms with Gasteiger partial charge < -0.3 is 10.1 Å². The van der Waals surface area contributed by atoms with Crippen molar-refractivity contribution in [2.45, 2.75) is 104 Å². The summed E-state index contributed by atoms with van der Waals surface area (Å²) in [5.74, 6) is 0.745. The molecule has 2 saturated carbocycles. The summed E-state index contributed by atoms with van der Waals surface area (Å²) in [4.78, 5) is 0. The Hall–Kier alpha value is -0.0800. The molecule has 2 nitrogen and oxygen atoms in total. The van der Waals surface area contributed by atoms with Gasteiger partial charge in [-0.25, -0.2) is 0 Å². The van der Waals surface area contributed by atoms with Gasteiger partial charge in [-0.3, -0.25) is 0 Å². The minimum absolute atomic E-state index is 0.144. The Morgan fingerprint density at radius 1 is 1.00 bits per heavy atom. The molecule has 0 aromatic heterocycles. The average molecular weight is 281 g/mol. The number of hydrogen-bond donors (Lipinski definition) is 1. The second kappa shape index (κ2) is 5.28. The molecule has 2 heteroatoms. The first-order valence-electron chi connectivity index (χ1n) is 8.58. The van der Waals surface area contributed by atoms with Crippen LogP contribution >= 0.6 is 0 Å². The van der Waals surface area contributed by atoms with E-state index in [1.807, 2.05) is 0 Å². The summed E-state index contributed by atoms with van der Waals surface area (Å²) in [6.45, 7) is 16.2. The lowest BCUT2D eigenvalue weighted by molar-refractivity contribution is -0.0853. The van der Waals surface area contributed by atoms with E-state index in [1.165, 1.54) is 32.1 Å². The van der Waals surface area contributed by atoms with E-state index in [9.17, 15) is 0 Å². The molecule has 0 aromatic rings. The van der Waals surface area contributed by atoms with Crippen molar-refractivity contribution in [1.29, 1.82) is 0 Å². The van der Waals surface area contributed by atoms with Crippen LogP contribution in [0.25, 0.3) is 0 Å². The van der Waals surface area contributed by atoms with Gasteiger partial charge in [-0.15, -0.1) is 0 Å². The average Bonchev–Trinajstić information content (AvgIpc) is 3.12. The van der Waals surface area contributed by atoms with Gasteiger partial charge >= 0.3 is 0 Å². The Bertz CT molecular complexity index is 337. The summed E-state index contributed by atoms with van der Waals surface area (Å²) >= 11 is 0. The van der Waals surface area contributed by atoms with Crippen LogP contribution in [0.3, 0.4) is 0 Å². The molecule has 2 aliphatic rings. The van der Waals surface area contributed by atoms with Crippen molar-refractivity contribution in [3.63, 3.8) is 0 Å². The van der Waals surface area contributed by atoms with Crippen molar-refractivity contribution in [3.8, 4) is 0 Å². The maximum absolute atomic E-state index is 6.28. The molecule has 20 heavy (non-hydrogen) atoms. The quantitative estimate of drug-likeness (QED) is 0.706. The van der Waals surface area contributed by atoms with E-state index in [0.29, 0.717) is 17.7 Å². The van der Waals surface area contributed by atoms with E-state index in [1.54, 1.807) is 0 Å². The van der Waals surface area contributed by atoms with Gasteiger partial charge in [0.15, 0.2) is 0 Å². The fourth-order valence-electron chi connectivity index (χ4n) is 4.04. The predicted molar refractivity (Wildman–Crippen MR) is 86.0 cm³/mol. The molecule has 0 amide bonds. The third-order valence-corrected chi connectivity index (χ3v) is 5.64. The molecular formula is C18H35NO. The van der Waals surface area contributed by atoms with Gasteiger partial charge in [0.2, 0.25) is 0 Å².